The molecule has 0 unspecified atom stereocenters. The van der Waals surface area contributed by atoms with Crippen molar-refractivity contribution in [2.45, 2.75) is 32.1 Å². The molecule has 1 aromatic rings. The van der Waals surface area contributed by atoms with E-state index in [1.54, 1.807) is 0 Å². The second-order valence-corrected chi connectivity index (χ2v) is 5.01. The Kier molecular flexibility index (Phi) is 4.00. The van der Waals surface area contributed by atoms with E-state index in [1.807, 2.05) is 6.07 Å². The molecule has 1 fully saturated rings. The van der Waals surface area contributed by atoms with E-state index in [2.05, 4.69) is 11.4 Å². The summed E-state index contributed by atoms with van der Waals surface area (Å²) in [6, 6.07) is 7.54. The van der Waals surface area contributed by atoms with E-state index in [0.717, 1.165) is 25.3 Å². The minimum atomic E-state index is -1.03. The second-order valence-electron chi connectivity index (χ2n) is 5.01. The molecule has 0 bridgehead atoms. The summed E-state index contributed by atoms with van der Waals surface area (Å²) in [7, 11) is 0. The van der Waals surface area contributed by atoms with E-state index >= 15 is 0 Å². The summed E-state index contributed by atoms with van der Waals surface area (Å²) < 4.78 is 13.1. The maximum absolute atomic E-state index is 13.1. The zero-order valence-electron chi connectivity index (χ0n) is 10.9. The first-order chi connectivity index (χ1) is 9.61. The van der Waals surface area contributed by atoms with Crippen LogP contribution in [0.2, 0.25) is 0 Å². The molecule has 0 atom stereocenters. The van der Waals surface area contributed by atoms with Crippen molar-refractivity contribution in [2.24, 2.45) is 5.41 Å². The van der Waals surface area contributed by atoms with Gasteiger partial charge in [-0.2, -0.15) is 10.5 Å². The summed E-state index contributed by atoms with van der Waals surface area (Å²) in [4.78, 5) is 12.3. The van der Waals surface area contributed by atoms with Crippen LogP contribution in [-0.2, 0) is 4.79 Å². The fourth-order valence-corrected chi connectivity index (χ4v) is 2.50. The molecule has 0 radical (unpaired) electrons. The van der Waals surface area contributed by atoms with Crippen LogP contribution in [0.3, 0.4) is 0 Å². The van der Waals surface area contributed by atoms with Gasteiger partial charge in [0.1, 0.15) is 17.3 Å². The minimum Gasteiger partial charge on any atom is -0.324 e. The molecule has 0 saturated heterocycles. The monoisotopic (exact) mass is 271 g/mol. The molecule has 5 heteroatoms. The van der Waals surface area contributed by atoms with Crippen molar-refractivity contribution in [3.63, 3.8) is 0 Å². The summed E-state index contributed by atoms with van der Waals surface area (Å²) in [6.45, 7) is 0. The molecule has 1 N–H and O–H groups in total. The van der Waals surface area contributed by atoms with Crippen molar-refractivity contribution in [3.8, 4) is 12.1 Å². The topological polar surface area (TPSA) is 76.7 Å². The normalized spacial score (nSPS) is 16.8. The van der Waals surface area contributed by atoms with Crippen molar-refractivity contribution < 1.29 is 9.18 Å². The molecular formula is C15H14FN3O. The first-order valence-corrected chi connectivity index (χ1v) is 6.54. The summed E-state index contributed by atoms with van der Waals surface area (Å²) in [5.41, 5.74) is -0.722. The smallest absolute Gasteiger partial charge is 0.244 e. The quantitative estimate of drug-likeness (QED) is 0.897. The van der Waals surface area contributed by atoms with Crippen molar-refractivity contribution in [1.29, 1.82) is 10.5 Å². The van der Waals surface area contributed by atoms with Gasteiger partial charge in [0.05, 0.1) is 17.3 Å². The lowest BCUT2D eigenvalue weighted by atomic mass is 9.74. The van der Waals surface area contributed by atoms with Gasteiger partial charge in [-0.25, -0.2) is 4.39 Å². The molecule has 1 amide bonds. The highest BCUT2D eigenvalue weighted by Gasteiger charge is 2.40. The first kappa shape index (κ1) is 14.0. The first-order valence-electron chi connectivity index (χ1n) is 6.54. The average molecular weight is 271 g/mol. The molecule has 1 saturated carbocycles. The van der Waals surface area contributed by atoms with Crippen LogP contribution in [0.25, 0.3) is 0 Å². The maximum atomic E-state index is 13.1. The van der Waals surface area contributed by atoms with Crippen LogP contribution >= 0.6 is 0 Å². The Bertz CT molecular complexity index is 607. The Morgan fingerprint density at radius 2 is 1.95 bits per heavy atom. The summed E-state index contributed by atoms with van der Waals surface area (Å²) in [5.74, 6) is -0.935. The molecule has 0 spiro atoms. The number of anilines is 1. The van der Waals surface area contributed by atoms with Gasteiger partial charge in [-0.05, 0) is 31.0 Å². The average Bonchev–Trinajstić information content (AvgIpc) is 2.49. The van der Waals surface area contributed by atoms with E-state index in [1.165, 1.54) is 12.1 Å². The second kappa shape index (κ2) is 5.71. The third-order valence-electron chi connectivity index (χ3n) is 3.71. The lowest BCUT2D eigenvalue weighted by Gasteiger charge is -2.29. The number of amides is 1. The Morgan fingerprint density at radius 1 is 1.25 bits per heavy atom. The molecule has 4 nitrogen and oxygen atoms in total. The van der Waals surface area contributed by atoms with E-state index < -0.39 is 17.1 Å². The largest absolute Gasteiger partial charge is 0.324 e. The van der Waals surface area contributed by atoms with E-state index in [9.17, 15) is 14.4 Å². The Labute approximate surface area is 116 Å². The molecule has 0 aromatic heterocycles. The van der Waals surface area contributed by atoms with Crippen LogP contribution < -0.4 is 5.32 Å². The molecule has 2 rings (SSSR count). The number of nitrogens with zero attached hydrogens (tertiary/aromatic N) is 2. The molecule has 1 aliphatic carbocycles. The molecule has 1 aromatic carbocycles. The van der Waals surface area contributed by atoms with Crippen LogP contribution in [0.15, 0.2) is 18.2 Å². The Balaban J connectivity index is 2.24. The van der Waals surface area contributed by atoms with Gasteiger partial charge in [0, 0.05) is 0 Å². The highest BCUT2D eigenvalue weighted by molar-refractivity contribution is 5.98. The standard InChI is InChI=1S/C15H14FN3O/c16-12-4-5-13(11(8-12)9-17)19-14(20)15(10-18)6-2-1-3-7-15/h4-5,8H,1-3,6-7H2,(H,19,20). The lowest BCUT2D eigenvalue weighted by Crippen LogP contribution is -2.37. The van der Waals surface area contributed by atoms with Crippen molar-refractivity contribution >= 4 is 11.6 Å². The molecular weight excluding hydrogens is 257 g/mol. The predicted molar refractivity (Wildman–Crippen MR) is 70.9 cm³/mol. The number of carbonyl (C=O) groups is 1. The van der Waals surface area contributed by atoms with Crippen molar-refractivity contribution in [1.82, 2.24) is 0 Å². The van der Waals surface area contributed by atoms with Gasteiger partial charge in [-0.3, -0.25) is 4.79 Å². The summed E-state index contributed by atoms with van der Waals surface area (Å²) in [6.07, 6.45) is 3.76. The van der Waals surface area contributed by atoms with Gasteiger partial charge in [-0.15, -0.1) is 0 Å². The number of halogens is 1. The lowest BCUT2D eigenvalue weighted by molar-refractivity contribution is -0.124. The molecule has 0 aliphatic heterocycles. The zero-order valence-corrected chi connectivity index (χ0v) is 10.9. The van der Waals surface area contributed by atoms with Crippen LogP contribution in [-0.4, -0.2) is 5.91 Å². The number of rotatable bonds is 2. The molecule has 1 aliphatic rings. The number of carbonyl (C=O) groups excluding carboxylic acids is 1. The maximum Gasteiger partial charge on any atom is 0.244 e. The highest BCUT2D eigenvalue weighted by Crippen LogP contribution is 2.37. The van der Waals surface area contributed by atoms with Gasteiger partial charge < -0.3 is 5.32 Å². The van der Waals surface area contributed by atoms with Crippen molar-refractivity contribution in [2.75, 3.05) is 5.32 Å². The Hall–Kier alpha value is -2.40. The third kappa shape index (κ3) is 2.62. The summed E-state index contributed by atoms with van der Waals surface area (Å²) in [5, 5.41) is 20.9. The molecule has 102 valence electrons. The van der Waals surface area contributed by atoms with Gasteiger partial charge in [0.2, 0.25) is 5.91 Å². The Morgan fingerprint density at radius 3 is 2.55 bits per heavy atom. The highest BCUT2D eigenvalue weighted by atomic mass is 19.1. The van der Waals surface area contributed by atoms with Gasteiger partial charge in [0.15, 0.2) is 0 Å². The third-order valence-corrected chi connectivity index (χ3v) is 3.71. The fraction of sp³-hybridized carbons (Fsp3) is 0.400. The van der Waals surface area contributed by atoms with E-state index in [0.29, 0.717) is 12.8 Å². The van der Waals surface area contributed by atoms with Crippen LogP contribution in [0.4, 0.5) is 10.1 Å². The van der Waals surface area contributed by atoms with Crippen LogP contribution in [0.1, 0.15) is 37.7 Å². The van der Waals surface area contributed by atoms with Gasteiger partial charge in [-0.1, -0.05) is 19.3 Å². The van der Waals surface area contributed by atoms with Crippen LogP contribution in [0, 0.1) is 33.9 Å². The fourth-order valence-electron chi connectivity index (χ4n) is 2.50. The SMILES string of the molecule is N#Cc1cc(F)ccc1NC(=O)C1(C#N)CCCCC1. The minimum absolute atomic E-state index is 0.0576. The number of nitriles is 2. The number of hydrogen-bond donors (Lipinski definition) is 1. The molecule has 20 heavy (non-hydrogen) atoms. The van der Waals surface area contributed by atoms with E-state index in [4.69, 9.17) is 5.26 Å². The van der Waals surface area contributed by atoms with Gasteiger partial charge >= 0.3 is 0 Å². The summed E-state index contributed by atoms with van der Waals surface area (Å²) >= 11 is 0. The zero-order chi connectivity index (χ0) is 14.6. The molecule has 0 heterocycles. The van der Waals surface area contributed by atoms with Gasteiger partial charge in [0.25, 0.3) is 0 Å². The number of hydrogen-bond acceptors (Lipinski definition) is 3. The van der Waals surface area contributed by atoms with E-state index in [-0.39, 0.29) is 11.3 Å². The predicted octanol–water partition coefficient (Wildman–Crippen LogP) is 3.11. The number of benzene rings is 1. The number of nitrogens with one attached hydrogen (secondary N) is 1. The van der Waals surface area contributed by atoms with Crippen LogP contribution in [0.5, 0.6) is 0 Å². The van der Waals surface area contributed by atoms with Crippen molar-refractivity contribution in [3.05, 3.63) is 29.6 Å².